The molecular formula is C22H24N2O4. The number of hydrogen-bond donors (Lipinski definition) is 0. The summed E-state index contributed by atoms with van der Waals surface area (Å²) in [4.78, 5) is 28.2. The van der Waals surface area contributed by atoms with Gasteiger partial charge in [0.1, 0.15) is 18.0 Å². The van der Waals surface area contributed by atoms with Gasteiger partial charge >= 0.3 is 6.09 Å². The SMILES string of the molecule is CN1CC2(CCN(C(=O)c3ccccc3OCc3ccccc3)CC2)OC1=O. The molecule has 0 aliphatic carbocycles. The van der Waals surface area contributed by atoms with Gasteiger partial charge in [0, 0.05) is 33.0 Å². The Kier molecular flexibility index (Phi) is 4.94. The smallest absolute Gasteiger partial charge is 0.410 e. The second kappa shape index (κ2) is 7.54. The highest BCUT2D eigenvalue weighted by Crippen LogP contribution is 2.33. The molecule has 2 saturated heterocycles. The Balaban J connectivity index is 1.42. The lowest BCUT2D eigenvalue weighted by Crippen LogP contribution is -2.48. The van der Waals surface area contributed by atoms with Crippen molar-refractivity contribution in [1.29, 1.82) is 0 Å². The molecule has 2 aromatic rings. The summed E-state index contributed by atoms with van der Waals surface area (Å²) in [7, 11) is 1.74. The van der Waals surface area contributed by atoms with E-state index in [0.717, 1.165) is 5.56 Å². The van der Waals surface area contributed by atoms with E-state index >= 15 is 0 Å². The van der Waals surface area contributed by atoms with E-state index in [2.05, 4.69) is 0 Å². The number of carbonyl (C=O) groups is 2. The third-order valence-electron chi connectivity index (χ3n) is 5.46. The molecule has 2 aliphatic heterocycles. The number of para-hydroxylation sites is 1. The summed E-state index contributed by atoms with van der Waals surface area (Å²) in [5.41, 5.74) is 1.16. The molecule has 2 fully saturated rings. The number of benzene rings is 2. The molecule has 2 heterocycles. The van der Waals surface area contributed by atoms with Crippen molar-refractivity contribution in [2.24, 2.45) is 0 Å². The van der Waals surface area contributed by atoms with Gasteiger partial charge in [-0.1, -0.05) is 42.5 Å². The fourth-order valence-corrected chi connectivity index (χ4v) is 3.84. The van der Waals surface area contributed by atoms with Crippen LogP contribution < -0.4 is 4.74 Å². The van der Waals surface area contributed by atoms with Gasteiger partial charge in [-0.05, 0) is 17.7 Å². The van der Waals surface area contributed by atoms with Crippen LogP contribution >= 0.6 is 0 Å². The monoisotopic (exact) mass is 380 g/mol. The summed E-state index contributed by atoms with van der Waals surface area (Å²) in [6, 6.07) is 17.2. The summed E-state index contributed by atoms with van der Waals surface area (Å²) in [5.74, 6) is 0.542. The maximum atomic E-state index is 13.1. The first kappa shape index (κ1) is 18.3. The van der Waals surface area contributed by atoms with Gasteiger partial charge in [-0.2, -0.15) is 0 Å². The zero-order chi connectivity index (χ0) is 19.6. The molecule has 0 unspecified atom stereocenters. The van der Waals surface area contributed by atoms with Crippen molar-refractivity contribution in [1.82, 2.24) is 9.80 Å². The average molecular weight is 380 g/mol. The van der Waals surface area contributed by atoms with Gasteiger partial charge in [0.05, 0.1) is 12.1 Å². The van der Waals surface area contributed by atoms with E-state index in [4.69, 9.17) is 9.47 Å². The summed E-state index contributed by atoms with van der Waals surface area (Å²) < 4.78 is 11.5. The first-order chi connectivity index (χ1) is 13.6. The van der Waals surface area contributed by atoms with Crippen LogP contribution in [0.2, 0.25) is 0 Å². The number of ether oxygens (including phenoxy) is 2. The highest BCUT2D eigenvalue weighted by molar-refractivity contribution is 5.97. The van der Waals surface area contributed by atoms with E-state index in [1.54, 1.807) is 18.0 Å². The molecule has 2 amide bonds. The third-order valence-corrected chi connectivity index (χ3v) is 5.46. The minimum atomic E-state index is -0.452. The van der Waals surface area contributed by atoms with Crippen molar-refractivity contribution < 1.29 is 19.1 Å². The molecule has 1 spiro atoms. The Bertz CT molecular complexity index is 860. The molecule has 6 heteroatoms. The van der Waals surface area contributed by atoms with Gasteiger partial charge in [0.25, 0.3) is 5.91 Å². The highest BCUT2D eigenvalue weighted by Gasteiger charge is 2.46. The zero-order valence-electron chi connectivity index (χ0n) is 16.0. The minimum absolute atomic E-state index is 0.0452. The van der Waals surface area contributed by atoms with Gasteiger partial charge < -0.3 is 19.3 Å². The Hall–Kier alpha value is -3.02. The van der Waals surface area contributed by atoms with Crippen LogP contribution in [0.25, 0.3) is 0 Å². The van der Waals surface area contributed by atoms with Gasteiger partial charge in [-0.15, -0.1) is 0 Å². The van der Waals surface area contributed by atoms with Gasteiger partial charge in [0.2, 0.25) is 0 Å². The van der Waals surface area contributed by atoms with Crippen molar-refractivity contribution in [3.63, 3.8) is 0 Å². The lowest BCUT2D eigenvalue weighted by Gasteiger charge is -2.37. The largest absolute Gasteiger partial charge is 0.488 e. The maximum absolute atomic E-state index is 13.1. The van der Waals surface area contributed by atoms with E-state index in [9.17, 15) is 9.59 Å². The van der Waals surface area contributed by atoms with Gasteiger partial charge in [0.15, 0.2) is 0 Å². The quantitative estimate of drug-likeness (QED) is 0.816. The standard InChI is InChI=1S/C22H24N2O4/c1-23-16-22(28-21(23)26)11-13-24(14-12-22)20(25)18-9-5-6-10-19(18)27-15-17-7-3-2-4-8-17/h2-10H,11-16H2,1H3. The van der Waals surface area contributed by atoms with Crippen LogP contribution in [0.4, 0.5) is 4.79 Å². The summed E-state index contributed by atoms with van der Waals surface area (Å²) >= 11 is 0. The Morgan fingerprint density at radius 2 is 1.75 bits per heavy atom. The van der Waals surface area contributed by atoms with Crippen molar-refractivity contribution >= 4 is 12.0 Å². The van der Waals surface area contributed by atoms with E-state index in [0.29, 0.717) is 50.4 Å². The topological polar surface area (TPSA) is 59.1 Å². The average Bonchev–Trinajstić information content (AvgIpc) is 3.00. The van der Waals surface area contributed by atoms with Crippen molar-refractivity contribution in [2.75, 3.05) is 26.7 Å². The van der Waals surface area contributed by atoms with Crippen LogP contribution in [0.3, 0.4) is 0 Å². The lowest BCUT2D eigenvalue weighted by atomic mass is 9.91. The molecule has 146 valence electrons. The molecule has 0 aromatic heterocycles. The fourth-order valence-electron chi connectivity index (χ4n) is 3.84. The summed E-state index contributed by atoms with van der Waals surface area (Å²) in [6.07, 6.45) is 1.03. The number of carbonyl (C=O) groups excluding carboxylic acids is 2. The number of nitrogens with zero attached hydrogens (tertiary/aromatic N) is 2. The van der Waals surface area contributed by atoms with Crippen molar-refractivity contribution in [3.8, 4) is 5.75 Å². The van der Waals surface area contributed by atoms with E-state index < -0.39 is 5.60 Å². The summed E-state index contributed by atoms with van der Waals surface area (Å²) in [6.45, 7) is 2.13. The molecule has 0 saturated carbocycles. The molecule has 0 bridgehead atoms. The molecule has 0 radical (unpaired) electrons. The second-order valence-corrected chi connectivity index (χ2v) is 7.47. The number of amides is 2. The maximum Gasteiger partial charge on any atom is 0.410 e. The van der Waals surface area contributed by atoms with E-state index in [1.165, 1.54) is 0 Å². The van der Waals surface area contributed by atoms with Crippen LogP contribution in [0.5, 0.6) is 5.75 Å². The molecule has 6 nitrogen and oxygen atoms in total. The van der Waals surface area contributed by atoms with Crippen molar-refractivity contribution in [2.45, 2.75) is 25.0 Å². The second-order valence-electron chi connectivity index (χ2n) is 7.47. The number of rotatable bonds is 4. The van der Waals surface area contributed by atoms with E-state index in [1.807, 2.05) is 53.4 Å². The third kappa shape index (κ3) is 3.67. The first-order valence-corrected chi connectivity index (χ1v) is 9.55. The number of hydrogen-bond acceptors (Lipinski definition) is 4. The fraction of sp³-hybridized carbons (Fsp3) is 0.364. The van der Waals surface area contributed by atoms with Gasteiger partial charge in [-0.3, -0.25) is 4.79 Å². The van der Waals surface area contributed by atoms with Crippen LogP contribution in [0.15, 0.2) is 54.6 Å². The van der Waals surface area contributed by atoms with Crippen LogP contribution in [0.1, 0.15) is 28.8 Å². The van der Waals surface area contributed by atoms with Crippen LogP contribution in [-0.4, -0.2) is 54.1 Å². The molecule has 4 rings (SSSR count). The molecule has 2 aliphatic rings. The predicted octanol–water partition coefficient (Wildman–Crippen LogP) is 3.32. The number of likely N-dealkylation sites (N-methyl/N-ethyl adjacent to an activating group) is 1. The first-order valence-electron chi connectivity index (χ1n) is 9.55. The molecule has 0 N–H and O–H groups in total. The summed E-state index contributed by atoms with van der Waals surface area (Å²) in [5, 5.41) is 0. The normalized spacial score (nSPS) is 18.2. The molecule has 28 heavy (non-hydrogen) atoms. The van der Waals surface area contributed by atoms with Gasteiger partial charge in [-0.25, -0.2) is 4.79 Å². The lowest BCUT2D eigenvalue weighted by molar-refractivity contribution is 0.00308. The Morgan fingerprint density at radius 3 is 2.43 bits per heavy atom. The number of likely N-dealkylation sites (tertiary alicyclic amines) is 1. The number of piperidine rings is 1. The molecule has 0 atom stereocenters. The Morgan fingerprint density at radius 1 is 1.07 bits per heavy atom. The zero-order valence-corrected chi connectivity index (χ0v) is 16.0. The van der Waals surface area contributed by atoms with Crippen LogP contribution in [-0.2, 0) is 11.3 Å². The van der Waals surface area contributed by atoms with Crippen LogP contribution in [0, 0.1) is 0 Å². The predicted molar refractivity (Wildman–Crippen MR) is 104 cm³/mol. The van der Waals surface area contributed by atoms with Crippen molar-refractivity contribution in [3.05, 3.63) is 65.7 Å². The highest BCUT2D eigenvalue weighted by atomic mass is 16.6. The minimum Gasteiger partial charge on any atom is -0.488 e. The molecule has 2 aromatic carbocycles. The Labute approximate surface area is 164 Å². The molecular weight excluding hydrogens is 356 g/mol. The van der Waals surface area contributed by atoms with E-state index in [-0.39, 0.29) is 12.0 Å².